The summed E-state index contributed by atoms with van der Waals surface area (Å²) in [5.74, 6) is -1.58. The van der Waals surface area contributed by atoms with Gasteiger partial charge in [0.15, 0.2) is 17.8 Å². The van der Waals surface area contributed by atoms with Gasteiger partial charge >= 0.3 is 5.97 Å². The number of aromatic carboxylic acids is 1. The van der Waals surface area contributed by atoms with Crippen LogP contribution in [0.5, 0.6) is 11.5 Å². The van der Waals surface area contributed by atoms with Crippen LogP contribution >= 0.6 is 0 Å². The molecule has 0 atom stereocenters. The van der Waals surface area contributed by atoms with Gasteiger partial charge in [-0.3, -0.25) is 4.79 Å². The Labute approximate surface area is 79.6 Å². The minimum Gasteiger partial charge on any atom is -0.504 e. The minimum absolute atomic E-state index is 0.0352. The largest absolute Gasteiger partial charge is 0.504 e. The molecule has 5 nitrogen and oxygen atoms in total. The Morgan fingerprint density at radius 1 is 1.50 bits per heavy atom. The second kappa shape index (κ2) is 3.78. The van der Waals surface area contributed by atoms with E-state index in [4.69, 9.17) is 9.84 Å². The number of hydrogen-bond acceptors (Lipinski definition) is 4. The molecule has 74 valence electrons. The molecule has 0 saturated heterocycles. The van der Waals surface area contributed by atoms with Gasteiger partial charge in [0.1, 0.15) is 0 Å². The van der Waals surface area contributed by atoms with Gasteiger partial charge in [0, 0.05) is 0 Å². The molecule has 1 rings (SSSR count). The summed E-state index contributed by atoms with van der Waals surface area (Å²) in [6.45, 7) is 0. The molecule has 1 aromatic rings. The predicted molar refractivity (Wildman–Crippen MR) is 47.0 cm³/mol. The Morgan fingerprint density at radius 3 is 2.57 bits per heavy atom. The fraction of sp³-hybridized carbons (Fsp3) is 0.111. The number of ether oxygens (including phenoxy) is 1. The van der Waals surface area contributed by atoms with E-state index in [2.05, 4.69) is 0 Å². The highest BCUT2D eigenvalue weighted by Gasteiger charge is 2.13. The molecule has 2 N–H and O–H groups in total. The summed E-state index contributed by atoms with van der Waals surface area (Å²) in [6.07, 6.45) is 0.365. The Balaban J connectivity index is 3.39. The quantitative estimate of drug-likeness (QED) is 0.702. The summed E-state index contributed by atoms with van der Waals surface area (Å²) in [7, 11) is 1.27. The molecule has 5 heteroatoms. The number of phenols is 1. The highest BCUT2D eigenvalue weighted by Crippen LogP contribution is 2.30. The van der Waals surface area contributed by atoms with Crippen molar-refractivity contribution in [1.29, 1.82) is 0 Å². The van der Waals surface area contributed by atoms with Crippen molar-refractivity contribution in [2.45, 2.75) is 0 Å². The molecule has 0 saturated carbocycles. The normalized spacial score (nSPS) is 9.50. The number of carboxylic acids is 1. The van der Waals surface area contributed by atoms with Crippen molar-refractivity contribution in [1.82, 2.24) is 0 Å². The smallest absolute Gasteiger partial charge is 0.335 e. The van der Waals surface area contributed by atoms with Crippen LogP contribution in [-0.2, 0) is 0 Å². The van der Waals surface area contributed by atoms with E-state index in [1.54, 1.807) is 0 Å². The molecule has 0 spiro atoms. The van der Waals surface area contributed by atoms with E-state index in [0.717, 1.165) is 12.1 Å². The number of carbonyl (C=O) groups is 2. The molecule has 0 amide bonds. The zero-order valence-electron chi connectivity index (χ0n) is 7.35. The third kappa shape index (κ3) is 1.66. The van der Waals surface area contributed by atoms with Gasteiger partial charge in [0.2, 0.25) is 0 Å². The number of hydrogen-bond donors (Lipinski definition) is 2. The van der Waals surface area contributed by atoms with Crippen molar-refractivity contribution in [3.63, 3.8) is 0 Å². The molecule has 0 aromatic heterocycles. The average molecular weight is 196 g/mol. The standard InChI is InChI=1S/C9H8O5/c1-14-7-3-5(9(12)13)2-6(4-10)8(7)11/h2-4,11H,1H3,(H,12,13). The monoisotopic (exact) mass is 196 g/mol. The molecule has 0 radical (unpaired) electrons. The number of carbonyl (C=O) groups excluding carboxylic acids is 1. The number of phenolic OH excluding ortho intramolecular Hbond substituents is 1. The molecular weight excluding hydrogens is 188 g/mol. The fourth-order valence-corrected chi connectivity index (χ4v) is 0.998. The molecule has 0 aliphatic rings. The maximum Gasteiger partial charge on any atom is 0.335 e. The van der Waals surface area contributed by atoms with Crippen molar-refractivity contribution in [3.8, 4) is 11.5 Å². The zero-order valence-corrected chi connectivity index (χ0v) is 7.35. The van der Waals surface area contributed by atoms with Gasteiger partial charge in [-0.25, -0.2) is 4.79 Å². The first kappa shape index (κ1) is 10.0. The Hall–Kier alpha value is -2.04. The van der Waals surface area contributed by atoms with Crippen molar-refractivity contribution >= 4 is 12.3 Å². The molecular formula is C9H8O5. The summed E-state index contributed by atoms with van der Waals surface area (Å²) in [5.41, 5.74) is -0.219. The summed E-state index contributed by atoms with van der Waals surface area (Å²) in [6, 6.07) is 2.22. The number of aldehydes is 1. The molecule has 1 aromatic carbocycles. The van der Waals surface area contributed by atoms with Gasteiger partial charge in [-0.15, -0.1) is 0 Å². The maximum atomic E-state index is 10.6. The van der Waals surface area contributed by atoms with Gasteiger partial charge in [-0.2, -0.15) is 0 Å². The third-order valence-corrected chi connectivity index (χ3v) is 1.70. The predicted octanol–water partition coefficient (Wildman–Crippen LogP) is 0.911. The van der Waals surface area contributed by atoms with Crippen molar-refractivity contribution in [3.05, 3.63) is 23.3 Å². The fourth-order valence-electron chi connectivity index (χ4n) is 0.998. The second-order valence-corrected chi connectivity index (χ2v) is 2.54. The maximum absolute atomic E-state index is 10.6. The summed E-state index contributed by atoms with van der Waals surface area (Å²) in [4.78, 5) is 21.1. The lowest BCUT2D eigenvalue weighted by atomic mass is 10.1. The van der Waals surface area contributed by atoms with Crippen LogP contribution < -0.4 is 4.74 Å². The van der Waals surface area contributed by atoms with E-state index in [9.17, 15) is 14.7 Å². The van der Waals surface area contributed by atoms with Crippen LogP contribution in [0.25, 0.3) is 0 Å². The number of benzene rings is 1. The van der Waals surface area contributed by atoms with Gasteiger partial charge in [-0.1, -0.05) is 0 Å². The first-order valence-electron chi connectivity index (χ1n) is 3.69. The van der Waals surface area contributed by atoms with Crippen LogP contribution in [0.4, 0.5) is 0 Å². The second-order valence-electron chi connectivity index (χ2n) is 2.54. The zero-order chi connectivity index (χ0) is 10.7. The van der Waals surface area contributed by atoms with Crippen LogP contribution in [0, 0.1) is 0 Å². The van der Waals surface area contributed by atoms with Crippen LogP contribution in [0.15, 0.2) is 12.1 Å². The lowest BCUT2D eigenvalue weighted by Crippen LogP contribution is -1.99. The highest BCUT2D eigenvalue weighted by molar-refractivity contribution is 5.92. The van der Waals surface area contributed by atoms with Crippen LogP contribution in [-0.4, -0.2) is 29.6 Å². The minimum atomic E-state index is -1.19. The van der Waals surface area contributed by atoms with E-state index in [-0.39, 0.29) is 22.6 Å². The summed E-state index contributed by atoms with van der Waals surface area (Å²) in [5, 5.41) is 18.0. The lowest BCUT2D eigenvalue weighted by molar-refractivity contribution is 0.0696. The van der Waals surface area contributed by atoms with Crippen molar-refractivity contribution in [2.24, 2.45) is 0 Å². The summed E-state index contributed by atoms with van der Waals surface area (Å²) < 4.78 is 4.71. The molecule has 0 bridgehead atoms. The Bertz CT molecular complexity index is 383. The molecule has 0 aliphatic heterocycles. The van der Waals surface area contributed by atoms with Gasteiger partial charge < -0.3 is 14.9 Å². The van der Waals surface area contributed by atoms with E-state index in [0.29, 0.717) is 6.29 Å². The number of methoxy groups -OCH3 is 1. The number of rotatable bonds is 3. The van der Waals surface area contributed by atoms with E-state index in [1.165, 1.54) is 7.11 Å². The van der Waals surface area contributed by atoms with Crippen LogP contribution in [0.1, 0.15) is 20.7 Å². The van der Waals surface area contributed by atoms with Gasteiger partial charge in [0.05, 0.1) is 18.2 Å². The van der Waals surface area contributed by atoms with Crippen LogP contribution in [0.3, 0.4) is 0 Å². The molecule has 0 fully saturated rings. The van der Waals surface area contributed by atoms with E-state index in [1.807, 2.05) is 0 Å². The lowest BCUT2D eigenvalue weighted by Gasteiger charge is -2.06. The van der Waals surface area contributed by atoms with Crippen molar-refractivity contribution < 1.29 is 24.5 Å². The Kier molecular flexibility index (Phi) is 2.71. The average Bonchev–Trinajstić information content (AvgIpc) is 2.17. The first-order chi connectivity index (χ1) is 6.60. The van der Waals surface area contributed by atoms with Crippen molar-refractivity contribution in [2.75, 3.05) is 7.11 Å². The first-order valence-corrected chi connectivity index (χ1v) is 3.69. The molecule has 0 aliphatic carbocycles. The van der Waals surface area contributed by atoms with Gasteiger partial charge in [0.25, 0.3) is 0 Å². The third-order valence-electron chi connectivity index (χ3n) is 1.70. The van der Waals surface area contributed by atoms with E-state index < -0.39 is 5.97 Å². The summed E-state index contributed by atoms with van der Waals surface area (Å²) >= 11 is 0. The topological polar surface area (TPSA) is 83.8 Å². The molecule has 0 unspecified atom stereocenters. The number of aromatic hydroxyl groups is 1. The van der Waals surface area contributed by atoms with Gasteiger partial charge in [-0.05, 0) is 12.1 Å². The van der Waals surface area contributed by atoms with Crippen LogP contribution in [0.2, 0.25) is 0 Å². The Morgan fingerprint density at radius 2 is 2.14 bits per heavy atom. The number of carboxylic acid groups (broad SMARTS) is 1. The molecule has 0 heterocycles. The molecule has 14 heavy (non-hydrogen) atoms. The van der Waals surface area contributed by atoms with E-state index >= 15 is 0 Å². The highest BCUT2D eigenvalue weighted by atomic mass is 16.5. The SMILES string of the molecule is COc1cc(C(=O)O)cc(C=O)c1O.